The van der Waals surface area contributed by atoms with Crippen LogP contribution in [0.15, 0.2) is 71.1 Å². The first kappa shape index (κ1) is 21.1. The second kappa shape index (κ2) is 8.52. The van der Waals surface area contributed by atoms with Crippen molar-refractivity contribution >= 4 is 38.7 Å². The van der Waals surface area contributed by atoms with Gasteiger partial charge >= 0.3 is 0 Å². The van der Waals surface area contributed by atoms with E-state index < -0.39 is 10.0 Å². The number of nitrogens with one attached hydrogen (secondary N) is 1. The van der Waals surface area contributed by atoms with Gasteiger partial charge in [-0.1, -0.05) is 42.5 Å². The minimum Gasteiger partial charge on any atom is -0.496 e. The summed E-state index contributed by atoms with van der Waals surface area (Å²) in [6, 6.07) is 17.8. The van der Waals surface area contributed by atoms with Crippen LogP contribution in [0.2, 0.25) is 0 Å². The molecule has 0 spiro atoms. The summed E-state index contributed by atoms with van der Waals surface area (Å²) in [4.78, 5) is 13.8. The molecule has 31 heavy (non-hydrogen) atoms. The predicted molar refractivity (Wildman–Crippen MR) is 122 cm³/mol. The monoisotopic (exact) mass is 455 g/mol. The van der Waals surface area contributed by atoms with E-state index in [9.17, 15) is 13.2 Å². The molecule has 1 aliphatic heterocycles. The molecule has 2 heterocycles. The molecule has 1 unspecified atom stereocenters. The third-order valence-corrected chi connectivity index (χ3v) is 6.33. The molecule has 160 valence electrons. The van der Waals surface area contributed by atoms with Gasteiger partial charge in [0.05, 0.1) is 35.7 Å². The Morgan fingerprint density at radius 2 is 1.87 bits per heavy atom. The van der Waals surface area contributed by atoms with Gasteiger partial charge in [-0.2, -0.15) is 5.10 Å². The third kappa shape index (κ3) is 4.47. The average Bonchev–Trinajstić information content (AvgIpc) is 3.43. The Balaban J connectivity index is 1.79. The molecule has 7 nitrogen and oxygen atoms in total. The van der Waals surface area contributed by atoms with Gasteiger partial charge in [-0.3, -0.25) is 9.52 Å². The summed E-state index contributed by atoms with van der Waals surface area (Å²) in [6.45, 7) is 0. The fraction of sp³-hybridized carbons (Fsp3) is 0.182. The summed E-state index contributed by atoms with van der Waals surface area (Å²) < 4.78 is 31.7. The first-order chi connectivity index (χ1) is 14.9. The lowest BCUT2D eigenvalue weighted by molar-refractivity contribution is 0.0714. The number of sulfonamides is 1. The summed E-state index contributed by atoms with van der Waals surface area (Å²) in [5.41, 5.74) is 2.51. The molecule has 0 aliphatic carbocycles. The van der Waals surface area contributed by atoms with Crippen LogP contribution in [0, 0.1) is 0 Å². The van der Waals surface area contributed by atoms with Crippen molar-refractivity contribution in [3.63, 3.8) is 0 Å². The first-order valence-corrected chi connectivity index (χ1v) is 12.3. The molecule has 1 aliphatic rings. The highest BCUT2D eigenvalue weighted by atomic mass is 32.2. The van der Waals surface area contributed by atoms with E-state index in [0.717, 1.165) is 11.8 Å². The Morgan fingerprint density at radius 1 is 1.13 bits per heavy atom. The lowest BCUT2D eigenvalue weighted by Crippen LogP contribution is -2.26. The SMILES string of the molecule is COc1ccccc1C1CC(c2ccccc2NS(C)(=O)=O)=NN1C(=O)c1cccs1. The third-order valence-electron chi connectivity index (χ3n) is 4.88. The number of para-hydroxylation sites is 2. The highest BCUT2D eigenvalue weighted by Crippen LogP contribution is 2.39. The van der Waals surface area contributed by atoms with E-state index in [4.69, 9.17) is 4.74 Å². The Kier molecular flexibility index (Phi) is 5.79. The number of hydrogen-bond acceptors (Lipinski definition) is 6. The summed E-state index contributed by atoms with van der Waals surface area (Å²) in [6.07, 6.45) is 1.52. The van der Waals surface area contributed by atoms with Crippen LogP contribution in [-0.4, -0.2) is 38.4 Å². The van der Waals surface area contributed by atoms with Crippen LogP contribution >= 0.6 is 11.3 Å². The number of rotatable bonds is 6. The van der Waals surface area contributed by atoms with Gasteiger partial charge < -0.3 is 4.74 Å². The number of carbonyl (C=O) groups excluding carboxylic acids is 1. The lowest BCUT2D eigenvalue weighted by atomic mass is 9.97. The van der Waals surface area contributed by atoms with Crippen molar-refractivity contribution in [2.24, 2.45) is 5.10 Å². The molecule has 0 radical (unpaired) electrons. The number of hydrazone groups is 1. The largest absolute Gasteiger partial charge is 0.496 e. The molecule has 1 N–H and O–H groups in total. The fourth-order valence-corrected chi connectivity index (χ4v) is 4.81. The second-order valence-electron chi connectivity index (χ2n) is 7.06. The normalized spacial score (nSPS) is 16.1. The molecule has 3 aromatic rings. The zero-order valence-corrected chi connectivity index (χ0v) is 18.6. The Hall–Kier alpha value is -3.17. The number of hydrogen-bond donors (Lipinski definition) is 1. The lowest BCUT2D eigenvalue weighted by Gasteiger charge is -2.23. The highest BCUT2D eigenvalue weighted by molar-refractivity contribution is 7.92. The number of thiophene rings is 1. The molecule has 0 bridgehead atoms. The van der Waals surface area contributed by atoms with E-state index in [2.05, 4.69) is 9.82 Å². The maximum Gasteiger partial charge on any atom is 0.284 e. The Bertz CT molecular complexity index is 1240. The number of nitrogens with zero attached hydrogens (tertiary/aromatic N) is 2. The average molecular weight is 456 g/mol. The van der Waals surface area contributed by atoms with Crippen LogP contribution in [-0.2, 0) is 10.0 Å². The van der Waals surface area contributed by atoms with Crippen molar-refractivity contribution in [3.05, 3.63) is 82.0 Å². The van der Waals surface area contributed by atoms with Crippen LogP contribution in [0.5, 0.6) is 5.75 Å². The van der Waals surface area contributed by atoms with E-state index in [-0.39, 0.29) is 11.9 Å². The fourth-order valence-electron chi connectivity index (χ4n) is 3.58. The van der Waals surface area contributed by atoms with Gasteiger partial charge in [-0.15, -0.1) is 11.3 Å². The highest BCUT2D eigenvalue weighted by Gasteiger charge is 2.36. The van der Waals surface area contributed by atoms with Crippen molar-refractivity contribution < 1.29 is 17.9 Å². The van der Waals surface area contributed by atoms with Crippen molar-refractivity contribution in [3.8, 4) is 5.75 Å². The minimum atomic E-state index is -3.47. The molecule has 2 aromatic carbocycles. The van der Waals surface area contributed by atoms with Crippen LogP contribution in [0.4, 0.5) is 5.69 Å². The maximum absolute atomic E-state index is 13.3. The molecule has 0 saturated heterocycles. The van der Waals surface area contributed by atoms with E-state index in [0.29, 0.717) is 34.0 Å². The van der Waals surface area contributed by atoms with Gasteiger partial charge in [0.15, 0.2) is 0 Å². The number of anilines is 1. The van der Waals surface area contributed by atoms with E-state index in [1.54, 1.807) is 31.4 Å². The number of carbonyl (C=O) groups is 1. The van der Waals surface area contributed by atoms with E-state index in [1.807, 2.05) is 41.8 Å². The number of amides is 1. The zero-order valence-electron chi connectivity index (χ0n) is 17.0. The quantitative estimate of drug-likeness (QED) is 0.606. The minimum absolute atomic E-state index is 0.213. The summed E-state index contributed by atoms with van der Waals surface area (Å²) in [5, 5.41) is 7.97. The van der Waals surface area contributed by atoms with Crippen molar-refractivity contribution in [2.75, 3.05) is 18.1 Å². The van der Waals surface area contributed by atoms with Gasteiger partial charge in [-0.05, 0) is 23.6 Å². The van der Waals surface area contributed by atoms with E-state index >= 15 is 0 Å². The molecule has 0 saturated carbocycles. The number of benzene rings is 2. The second-order valence-corrected chi connectivity index (χ2v) is 9.75. The molecule has 4 rings (SSSR count). The number of methoxy groups -OCH3 is 1. The van der Waals surface area contributed by atoms with Crippen LogP contribution in [0.25, 0.3) is 0 Å². The van der Waals surface area contributed by atoms with Crippen LogP contribution < -0.4 is 9.46 Å². The van der Waals surface area contributed by atoms with Gasteiger partial charge in [0.2, 0.25) is 10.0 Å². The Labute approximate surface area is 185 Å². The van der Waals surface area contributed by atoms with E-state index in [1.165, 1.54) is 16.3 Å². The zero-order chi connectivity index (χ0) is 22.0. The summed E-state index contributed by atoms with van der Waals surface area (Å²) in [5.74, 6) is 0.449. The standard InChI is InChI=1S/C22H21N3O4S2/c1-29-20-11-6-4-9-16(20)19-14-18(23-25(19)22(26)21-12-7-13-30-21)15-8-3-5-10-17(15)24-31(2,27)28/h3-13,19,24H,14H2,1-2H3. The molecule has 0 fully saturated rings. The van der Waals surface area contributed by atoms with Crippen molar-refractivity contribution in [2.45, 2.75) is 12.5 Å². The van der Waals surface area contributed by atoms with Crippen molar-refractivity contribution in [1.82, 2.24) is 5.01 Å². The molecular formula is C22H21N3O4S2. The summed E-state index contributed by atoms with van der Waals surface area (Å²) in [7, 11) is -1.89. The number of ether oxygens (including phenoxy) is 1. The smallest absolute Gasteiger partial charge is 0.284 e. The maximum atomic E-state index is 13.3. The van der Waals surface area contributed by atoms with Crippen LogP contribution in [0.1, 0.15) is 33.3 Å². The first-order valence-electron chi connectivity index (χ1n) is 9.52. The molecule has 1 amide bonds. The van der Waals surface area contributed by atoms with Gasteiger partial charge in [0.1, 0.15) is 5.75 Å². The molecule has 1 atom stereocenters. The van der Waals surface area contributed by atoms with Gasteiger partial charge in [-0.25, -0.2) is 13.4 Å². The molecular weight excluding hydrogens is 434 g/mol. The predicted octanol–water partition coefficient (Wildman–Crippen LogP) is 4.12. The van der Waals surface area contributed by atoms with Crippen molar-refractivity contribution in [1.29, 1.82) is 0 Å². The van der Waals surface area contributed by atoms with Gasteiger partial charge in [0, 0.05) is 17.5 Å². The Morgan fingerprint density at radius 3 is 2.58 bits per heavy atom. The molecule has 9 heteroatoms. The van der Waals surface area contributed by atoms with Crippen LogP contribution in [0.3, 0.4) is 0 Å². The van der Waals surface area contributed by atoms with Gasteiger partial charge in [0.25, 0.3) is 5.91 Å². The molecule has 1 aromatic heterocycles. The topological polar surface area (TPSA) is 88.1 Å². The summed E-state index contributed by atoms with van der Waals surface area (Å²) >= 11 is 1.35.